The molecule has 48 heavy (non-hydrogen) atoms. The van der Waals surface area contributed by atoms with Crippen molar-refractivity contribution >= 4 is 11.9 Å². The van der Waals surface area contributed by atoms with Crippen LogP contribution in [0.15, 0.2) is 0 Å². The Hall–Kier alpha value is -1.26. The Labute approximate surface area is 289 Å². The Kier molecular flexibility index (Phi) is 8.20. The first-order chi connectivity index (χ1) is 22.7. The van der Waals surface area contributed by atoms with E-state index in [-0.39, 0.29) is 49.4 Å². The third-order valence-corrected chi connectivity index (χ3v) is 16.0. The summed E-state index contributed by atoms with van der Waals surface area (Å²) in [6, 6.07) is -0.0532. The van der Waals surface area contributed by atoms with Crippen LogP contribution < -0.4 is 5.32 Å². The molecule has 2 spiro atoms. The lowest BCUT2D eigenvalue weighted by Gasteiger charge is -2.60. The Balaban J connectivity index is 0.00000378. The number of amides is 1. The van der Waals surface area contributed by atoms with Crippen LogP contribution in [-0.4, -0.2) is 90.5 Å². The summed E-state index contributed by atoms with van der Waals surface area (Å²) in [5.74, 6) is 2.43. The lowest BCUT2D eigenvalue weighted by molar-refractivity contribution is -0.247. The molecule has 0 bridgehead atoms. The molecule has 2 N–H and O–H groups in total. The Morgan fingerprint density at radius 2 is 1.83 bits per heavy atom. The molecule has 5 aliphatic carbocycles. The molecule has 0 aromatic carbocycles. The highest BCUT2D eigenvalue weighted by Crippen LogP contribution is 2.87. The van der Waals surface area contributed by atoms with Crippen LogP contribution in [-0.2, 0) is 28.5 Å². The summed E-state index contributed by atoms with van der Waals surface area (Å²) < 4.78 is 25.7. The van der Waals surface area contributed by atoms with Crippen molar-refractivity contribution in [3.05, 3.63) is 0 Å². The lowest BCUT2D eigenvalue weighted by Crippen LogP contribution is -2.58. The molecule has 13 atom stereocenters. The van der Waals surface area contributed by atoms with Gasteiger partial charge >= 0.3 is 5.97 Å². The normalized spacial score (nSPS) is 48.9. The second-order valence-electron chi connectivity index (χ2n) is 18.9. The quantitative estimate of drug-likeness (QED) is 0.359. The van der Waals surface area contributed by atoms with Crippen molar-refractivity contribution in [1.29, 1.82) is 0 Å². The molecule has 272 valence electrons. The number of hydrogen-bond donors (Lipinski definition) is 2. The molecule has 3 heterocycles. The van der Waals surface area contributed by atoms with Crippen LogP contribution in [0.3, 0.4) is 0 Å². The zero-order valence-corrected chi connectivity index (χ0v) is 30.4. The summed E-state index contributed by atoms with van der Waals surface area (Å²) in [5, 5.41) is 14.0. The van der Waals surface area contributed by atoms with E-state index in [4.69, 9.17) is 18.9 Å². The topological polar surface area (TPSA) is 107 Å². The highest BCUT2D eigenvalue weighted by atomic mass is 16.7. The van der Waals surface area contributed by atoms with E-state index in [1.165, 1.54) is 45.4 Å². The van der Waals surface area contributed by atoms with Gasteiger partial charge in [0.25, 0.3) is 0 Å². The fourth-order valence-electron chi connectivity index (χ4n) is 13.9. The summed E-state index contributed by atoms with van der Waals surface area (Å²) in [7, 11) is 0. The average molecular weight is 673 g/mol. The second kappa shape index (κ2) is 11.6. The van der Waals surface area contributed by atoms with Crippen molar-refractivity contribution in [2.45, 2.75) is 161 Å². The monoisotopic (exact) mass is 672 g/mol. The van der Waals surface area contributed by atoms with Crippen LogP contribution in [0.4, 0.5) is 0 Å². The summed E-state index contributed by atoms with van der Waals surface area (Å²) >= 11 is 0. The third-order valence-electron chi connectivity index (χ3n) is 16.0. The fraction of sp³-hybridized carbons (Fsp3) is 0.949. The van der Waals surface area contributed by atoms with Crippen molar-refractivity contribution in [2.75, 3.05) is 26.2 Å². The molecule has 8 unspecified atom stereocenters. The van der Waals surface area contributed by atoms with E-state index in [0.29, 0.717) is 47.2 Å². The number of carbonyl (C=O) groups is 2. The van der Waals surface area contributed by atoms with E-state index in [2.05, 4.69) is 31.0 Å². The molecule has 1 amide bonds. The Bertz CT molecular complexity index is 1290. The van der Waals surface area contributed by atoms with E-state index >= 15 is 0 Å². The maximum absolute atomic E-state index is 12.6. The number of ether oxygens (including phenoxy) is 4. The molecular weight excluding hydrogens is 608 g/mol. The third kappa shape index (κ3) is 5.09. The summed E-state index contributed by atoms with van der Waals surface area (Å²) in [5.41, 5.74) is 0.103. The van der Waals surface area contributed by atoms with Gasteiger partial charge in [0, 0.05) is 21.4 Å². The number of nitrogens with one attached hydrogen (secondary N) is 1. The number of morpholine rings is 1. The Morgan fingerprint density at radius 3 is 2.58 bits per heavy atom. The predicted octanol–water partition coefficient (Wildman–Crippen LogP) is 5.46. The minimum atomic E-state index is -1.15. The smallest absolute Gasteiger partial charge is 0.303 e. The number of carbonyl (C=O) groups excluding carboxylic acids is 2. The number of piperidine rings is 1. The van der Waals surface area contributed by atoms with Gasteiger partial charge in [-0.05, 0) is 136 Å². The van der Waals surface area contributed by atoms with Gasteiger partial charge in [0.2, 0.25) is 5.91 Å². The van der Waals surface area contributed by atoms with Gasteiger partial charge in [-0.2, -0.15) is 0 Å². The van der Waals surface area contributed by atoms with Gasteiger partial charge < -0.3 is 29.4 Å². The number of hydrogen-bond acceptors (Lipinski definition) is 8. The largest absolute Gasteiger partial charge is 0.457 e. The van der Waals surface area contributed by atoms with Gasteiger partial charge in [-0.25, -0.2) is 0 Å². The van der Waals surface area contributed by atoms with Crippen molar-refractivity contribution in [3.63, 3.8) is 0 Å². The summed E-state index contributed by atoms with van der Waals surface area (Å²) in [6.07, 6.45) is 13.1. The minimum Gasteiger partial charge on any atom is -0.457 e. The van der Waals surface area contributed by atoms with Gasteiger partial charge in [0.1, 0.15) is 0 Å². The van der Waals surface area contributed by atoms with E-state index in [0.717, 1.165) is 57.5 Å². The first-order valence-corrected chi connectivity index (χ1v) is 19.5. The first kappa shape index (κ1) is 33.9. The van der Waals surface area contributed by atoms with Crippen LogP contribution >= 0.6 is 0 Å². The van der Waals surface area contributed by atoms with Crippen molar-refractivity contribution in [1.82, 2.24) is 10.2 Å². The van der Waals surface area contributed by atoms with Crippen molar-refractivity contribution in [2.24, 2.45) is 45.3 Å². The van der Waals surface area contributed by atoms with Gasteiger partial charge in [-0.15, -0.1) is 0 Å². The number of aliphatic hydroxyl groups is 1. The average Bonchev–Trinajstić information content (AvgIpc) is 3.61. The molecule has 9 heteroatoms. The Morgan fingerprint density at radius 1 is 1.04 bits per heavy atom. The first-order valence-electron chi connectivity index (χ1n) is 19.5. The van der Waals surface area contributed by atoms with E-state index in [1.807, 2.05) is 0 Å². The van der Waals surface area contributed by atoms with E-state index < -0.39 is 11.7 Å². The second-order valence-corrected chi connectivity index (χ2v) is 18.9. The molecule has 3 aliphatic heterocycles. The van der Waals surface area contributed by atoms with Crippen LogP contribution in [0.2, 0.25) is 0 Å². The van der Waals surface area contributed by atoms with Gasteiger partial charge in [-0.3, -0.25) is 14.5 Å². The molecule has 0 aromatic heterocycles. The van der Waals surface area contributed by atoms with Gasteiger partial charge in [0.15, 0.2) is 12.4 Å². The molecular formula is C39H64N2O7. The van der Waals surface area contributed by atoms with E-state index in [1.54, 1.807) is 13.8 Å². The zero-order valence-electron chi connectivity index (χ0n) is 30.4. The van der Waals surface area contributed by atoms with E-state index in [9.17, 15) is 14.7 Å². The summed E-state index contributed by atoms with van der Waals surface area (Å²) in [4.78, 5) is 26.9. The summed E-state index contributed by atoms with van der Waals surface area (Å²) in [6.45, 7) is 15.3. The maximum Gasteiger partial charge on any atom is 0.303 e. The van der Waals surface area contributed by atoms with Gasteiger partial charge in [-0.1, -0.05) is 20.8 Å². The van der Waals surface area contributed by atoms with Crippen molar-refractivity contribution < 1.29 is 35.1 Å². The predicted molar refractivity (Wildman–Crippen MR) is 182 cm³/mol. The molecule has 8 aliphatic rings. The molecule has 5 saturated carbocycles. The number of nitrogens with zero attached hydrogens (tertiary/aromatic N) is 1. The molecule has 8 rings (SSSR count). The maximum atomic E-state index is 12.6. The van der Waals surface area contributed by atoms with Gasteiger partial charge in [0.05, 0.1) is 43.1 Å². The van der Waals surface area contributed by atoms with Crippen LogP contribution in [0, 0.1) is 45.3 Å². The number of esters is 1. The minimum absolute atomic E-state index is 0. The standard InChI is InChI=1S/C39H62N2O7.H2/c1-23(42)46-33(36(4,5)44)28-11-9-25-29(47-28)20-26-24-10-12-30-35(2,3)31(13-14-39(30)22-38(24,39)16-15-37(25,26)6)48-32-21-41(18-19-45-32)27-8-7-17-40-34(27)43;/h24-33,44H,7-22H2,1-6H3,(H,40,43);1H/t24?,25-,26?,27+,28?,29?,30?,31-,32?,33-,37?,38-,39?;/m0./s1. The fourth-order valence-corrected chi connectivity index (χ4v) is 13.9. The lowest BCUT2D eigenvalue weighted by atomic mass is 9.46. The highest BCUT2D eigenvalue weighted by Gasteiger charge is 2.80. The molecule has 9 nitrogen and oxygen atoms in total. The highest BCUT2D eigenvalue weighted by molar-refractivity contribution is 5.82. The number of fused-ring (bicyclic) bond motifs is 4. The van der Waals surface area contributed by atoms with Crippen LogP contribution in [0.25, 0.3) is 0 Å². The number of rotatable bonds is 6. The van der Waals surface area contributed by atoms with Crippen LogP contribution in [0.1, 0.15) is 120 Å². The van der Waals surface area contributed by atoms with Crippen molar-refractivity contribution in [3.8, 4) is 0 Å². The molecule has 3 saturated heterocycles. The zero-order chi connectivity index (χ0) is 33.9. The van der Waals surface area contributed by atoms with Crippen LogP contribution in [0.5, 0.6) is 0 Å². The SMILES string of the molecule is CC(=O)O[C@@H](C1CC[C@H]2C(CC3C4CCC5C(C)(C)[C@@H](OC6CN([C@@H]7CCCNC7=O)CCO6)CCC56C[C@@]46CCC32C)O1)C(C)(C)O.[HH]. The molecule has 8 fully saturated rings. The molecule has 0 aromatic rings. The molecule has 0 radical (unpaired) electrons.